The molecule has 0 spiro atoms. The van der Waals surface area contributed by atoms with Gasteiger partial charge in [0.1, 0.15) is 17.7 Å². The van der Waals surface area contributed by atoms with Crippen LogP contribution < -0.4 is 4.18 Å². The first-order valence-corrected chi connectivity index (χ1v) is 6.61. The molecular formula is C11H8F3NO4S. The highest BCUT2D eigenvalue weighted by atomic mass is 32.2. The number of oxazole rings is 1. The Kier molecular flexibility index (Phi) is 3.46. The van der Waals surface area contributed by atoms with Crippen molar-refractivity contribution in [2.45, 2.75) is 12.4 Å². The molecule has 1 heterocycles. The minimum Gasteiger partial charge on any atom is -0.451 e. The van der Waals surface area contributed by atoms with Crippen LogP contribution in [-0.2, 0) is 10.1 Å². The zero-order chi connectivity index (χ0) is 15.0. The summed E-state index contributed by atoms with van der Waals surface area (Å²) in [4.78, 5) is 3.89. The predicted octanol–water partition coefficient (Wildman–Crippen LogP) is 2.88. The number of aromatic nitrogens is 1. The molecular weight excluding hydrogens is 299 g/mol. The van der Waals surface area contributed by atoms with Gasteiger partial charge in [-0.1, -0.05) is 0 Å². The summed E-state index contributed by atoms with van der Waals surface area (Å²) in [5, 5.41) is 0. The minimum absolute atomic E-state index is 0.424. The van der Waals surface area contributed by atoms with Crippen molar-refractivity contribution >= 4 is 10.1 Å². The number of alkyl halides is 3. The summed E-state index contributed by atoms with van der Waals surface area (Å²) in [6.07, 6.45) is 2.56. The fourth-order valence-corrected chi connectivity index (χ4v) is 1.95. The molecule has 2 rings (SSSR count). The van der Waals surface area contributed by atoms with Crippen molar-refractivity contribution < 1.29 is 30.2 Å². The van der Waals surface area contributed by atoms with Crippen molar-refractivity contribution in [2.24, 2.45) is 0 Å². The molecule has 1 aromatic carbocycles. The largest absolute Gasteiger partial charge is 0.534 e. The molecule has 0 saturated heterocycles. The van der Waals surface area contributed by atoms with E-state index in [4.69, 9.17) is 4.42 Å². The number of aryl methyl sites for hydroxylation is 1. The molecule has 0 aliphatic carbocycles. The molecule has 0 saturated carbocycles. The van der Waals surface area contributed by atoms with Crippen LogP contribution in [0.2, 0.25) is 0 Å². The average Bonchev–Trinajstić information content (AvgIpc) is 2.80. The molecule has 0 aliphatic heterocycles. The van der Waals surface area contributed by atoms with Crippen LogP contribution in [0.5, 0.6) is 5.75 Å². The van der Waals surface area contributed by atoms with E-state index in [9.17, 15) is 21.6 Å². The lowest BCUT2D eigenvalue weighted by atomic mass is 10.1. The van der Waals surface area contributed by atoms with E-state index in [0.29, 0.717) is 16.8 Å². The molecule has 2 aromatic rings. The fourth-order valence-electron chi connectivity index (χ4n) is 1.49. The Morgan fingerprint density at radius 1 is 1.30 bits per heavy atom. The fraction of sp³-hybridized carbons (Fsp3) is 0.182. The highest BCUT2D eigenvalue weighted by Gasteiger charge is 2.48. The van der Waals surface area contributed by atoms with Gasteiger partial charge in [-0.25, -0.2) is 4.98 Å². The Hall–Kier alpha value is -2.03. The maximum atomic E-state index is 12.2. The highest BCUT2D eigenvalue weighted by molar-refractivity contribution is 7.88. The van der Waals surface area contributed by atoms with Gasteiger partial charge in [0.15, 0.2) is 6.39 Å². The number of benzene rings is 1. The summed E-state index contributed by atoms with van der Waals surface area (Å²) in [7, 11) is -5.67. The smallest absolute Gasteiger partial charge is 0.451 e. The van der Waals surface area contributed by atoms with Gasteiger partial charge in [-0.15, -0.1) is 0 Å². The van der Waals surface area contributed by atoms with Crippen LogP contribution in [0.4, 0.5) is 13.2 Å². The Morgan fingerprint density at radius 2 is 2.00 bits per heavy atom. The molecule has 1 aromatic heterocycles. The summed E-state index contributed by atoms with van der Waals surface area (Å²) < 4.78 is 67.1. The van der Waals surface area contributed by atoms with Crippen LogP contribution in [0.15, 0.2) is 35.3 Å². The molecule has 108 valence electrons. The Labute approximate surface area is 112 Å². The van der Waals surface area contributed by atoms with E-state index in [0.717, 1.165) is 6.07 Å². The van der Waals surface area contributed by atoms with E-state index in [1.54, 1.807) is 6.92 Å². The van der Waals surface area contributed by atoms with Crippen LogP contribution in [0.3, 0.4) is 0 Å². The summed E-state index contributed by atoms with van der Waals surface area (Å²) in [5.41, 5.74) is -3.90. The van der Waals surface area contributed by atoms with Gasteiger partial charge < -0.3 is 8.60 Å². The van der Waals surface area contributed by atoms with Gasteiger partial charge in [-0.2, -0.15) is 21.6 Å². The summed E-state index contributed by atoms with van der Waals surface area (Å²) in [6, 6.07) is 3.68. The van der Waals surface area contributed by atoms with E-state index in [1.807, 2.05) is 0 Å². The maximum absolute atomic E-state index is 12.2. The molecule has 0 unspecified atom stereocenters. The number of hydrogen-bond acceptors (Lipinski definition) is 5. The second kappa shape index (κ2) is 4.82. The predicted molar refractivity (Wildman–Crippen MR) is 62.3 cm³/mol. The SMILES string of the molecule is Cc1cc(OS(=O)(=O)C(F)(F)F)ccc1-c1cocn1. The first-order chi connectivity index (χ1) is 9.21. The second-order valence-corrected chi connectivity index (χ2v) is 5.37. The topological polar surface area (TPSA) is 69.4 Å². The third-order valence-electron chi connectivity index (χ3n) is 2.40. The highest BCUT2D eigenvalue weighted by Crippen LogP contribution is 2.30. The molecule has 0 N–H and O–H groups in total. The quantitative estimate of drug-likeness (QED) is 0.644. The number of nitrogens with zero attached hydrogens (tertiary/aromatic N) is 1. The summed E-state index contributed by atoms with van der Waals surface area (Å²) in [6.45, 7) is 1.58. The van der Waals surface area contributed by atoms with Gasteiger partial charge in [0.05, 0.1) is 0 Å². The van der Waals surface area contributed by atoms with Gasteiger partial charge in [0, 0.05) is 5.56 Å². The van der Waals surface area contributed by atoms with E-state index >= 15 is 0 Å². The molecule has 0 radical (unpaired) electrons. The first kappa shape index (κ1) is 14.4. The van der Waals surface area contributed by atoms with Crippen LogP contribution >= 0.6 is 0 Å². The second-order valence-electron chi connectivity index (χ2n) is 3.83. The van der Waals surface area contributed by atoms with Crippen LogP contribution in [0.1, 0.15) is 5.56 Å². The molecule has 20 heavy (non-hydrogen) atoms. The van der Waals surface area contributed by atoms with Crippen molar-refractivity contribution in [1.29, 1.82) is 0 Å². The van der Waals surface area contributed by atoms with E-state index < -0.39 is 21.4 Å². The number of hydrogen-bond donors (Lipinski definition) is 0. The van der Waals surface area contributed by atoms with Crippen molar-refractivity contribution in [2.75, 3.05) is 0 Å². The van der Waals surface area contributed by atoms with E-state index in [-0.39, 0.29) is 0 Å². The number of halogens is 3. The molecule has 5 nitrogen and oxygen atoms in total. The third kappa shape index (κ3) is 2.77. The zero-order valence-corrected chi connectivity index (χ0v) is 10.8. The lowest BCUT2D eigenvalue weighted by Crippen LogP contribution is -2.28. The van der Waals surface area contributed by atoms with Crippen molar-refractivity contribution in [1.82, 2.24) is 4.98 Å². The van der Waals surface area contributed by atoms with Crippen molar-refractivity contribution in [3.05, 3.63) is 36.4 Å². The average molecular weight is 307 g/mol. The Balaban J connectivity index is 2.32. The molecule has 0 bridgehead atoms. The summed E-state index contributed by atoms with van der Waals surface area (Å²) in [5.74, 6) is -0.424. The maximum Gasteiger partial charge on any atom is 0.534 e. The number of rotatable bonds is 3. The molecule has 9 heteroatoms. The van der Waals surface area contributed by atoms with Gasteiger partial charge in [0.2, 0.25) is 0 Å². The van der Waals surface area contributed by atoms with Gasteiger partial charge in [-0.05, 0) is 30.7 Å². The normalized spacial score (nSPS) is 12.4. The standard InChI is InChI=1S/C11H8F3NO4S/c1-7-4-8(19-20(16,17)11(12,13)14)2-3-9(7)10-5-18-6-15-10/h2-6H,1H3. The Bertz CT molecular complexity index is 708. The molecule has 0 amide bonds. The summed E-state index contributed by atoms with van der Waals surface area (Å²) >= 11 is 0. The zero-order valence-electron chi connectivity index (χ0n) is 10.0. The van der Waals surface area contributed by atoms with Gasteiger partial charge >= 0.3 is 15.6 Å². The Morgan fingerprint density at radius 3 is 2.50 bits per heavy atom. The van der Waals surface area contributed by atoms with Crippen molar-refractivity contribution in [3.63, 3.8) is 0 Å². The molecule has 0 atom stereocenters. The van der Waals surface area contributed by atoms with Crippen LogP contribution in [0, 0.1) is 6.92 Å². The van der Waals surface area contributed by atoms with E-state index in [2.05, 4.69) is 9.17 Å². The van der Waals surface area contributed by atoms with Crippen LogP contribution in [-0.4, -0.2) is 18.9 Å². The lowest BCUT2D eigenvalue weighted by Gasteiger charge is -2.10. The van der Waals surface area contributed by atoms with Gasteiger partial charge in [-0.3, -0.25) is 0 Å². The third-order valence-corrected chi connectivity index (χ3v) is 3.37. The lowest BCUT2D eigenvalue weighted by molar-refractivity contribution is -0.0500. The van der Waals surface area contributed by atoms with Gasteiger partial charge in [0.25, 0.3) is 0 Å². The van der Waals surface area contributed by atoms with Crippen LogP contribution in [0.25, 0.3) is 11.3 Å². The van der Waals surface area contributed by atoms with Crippen molar-refractivity contribution in [3.8, 4) is 17.0 Å². The monoisotopic (exact) mass is 307 g/mol. The minimum atomic E-state index is -5.67. The molecule has 0 aliphatic rings. The molecule has 0 fully saturated rings. The first-order valence-electron chi connectivity index (χ1n) is 5.21. The van der Waals surface area contributed by atoms with E-state index in [1.165, 1.54) is 24.8 Å².